The molecular weight excluding hydrogens is 253 g/mol. The Morgan fingerprint density at radius 3 is 2.50 bits per heavy atom. The van der Waals surface area contributed by atoms with Crippen LogP contribution in [0.2, 0.25) is 0 Å². The molecule has 0 aromatic rings. The van der Waals surface area contributed by atoms with Gasteiger partial charge in [-0.1, -0.05) is 15.9 Å². The fourth-order valence-corrected chi connectivity index (χ4v) is 1.14. The van der Waals surface area contributed by atoms with Crippen molar-refractivity contribution in [3.63, 3.8) is 0 Å². The molecule has 0 rings (SSSR count). The third-order valence-electron chi connectivity index (χ3n) is 0.968. The quantitative estimate of drug-likeness (QED) is 0.450. The molecule has 0 aromatic carbocycles. The van der Waals surface area contributed by atoms with Crippen LogP contribution in [0.5, 0.6) is 0 Å². The Morgan fingerprint density at radius 1 is 1.67 bits per heavy atom. The van der Waals surface area contributed by atoms with Gasteiger partial charge in [0, 0.05) is 0 Å². The van der Waals surface area contributed by atoms with Crippen molar-refractivity contribution in [2.24, 2.45) is 5.73 Å². The van der Waals surface area contributed by atoms with Gasteiger partial charge in [0.15, 0.2) is 5.78 Å². The molecule has 0 bridgehead atoms. The van der Waals surface area contributed by atoms with E-state index in [9.17, 15) is 9.36 Å². The molecule has 0 aromatic heterocycles. The SMILES string of the molecule is NC(COP(=O)(O)O)C(=O)CBr. The van der Waals surface area contributed by atoms with Gasteiger partial charge in [0.25, 0.3) is 0 Å². The zero-order chi connectivity index (χ0) is 9.78. The summed E-state index contributed by atoms with van der Waals surface area (Å²) in [6, 6.07) is -1.00. The van der Waals surface area contributed by atoms with E-state index in [1.165, 1.54) is 0 Å². The van der Waals surface area contributed by atoms with Gasteiger partial charge >= 0.3 is 7.82 Å². The molecule has 0 amide bonds. The normalized spacial score (nSPS) is 14.3. The van der Waals surface area contributed by atoms with E-state index in [2.05, 4.69) is 20.5 Å². The lowest BCUT2D eigenvalue weighted by Crippen LogP contribution is -2.35. The van der Waals surface area contributed by atoms with Gasteiger partial charge < -0.3 is 15.5 Å². The number of alkyl halides is 1. The van der Waals surface area contributed by atoms with Gasteiger partial charge in [-0.15, -0.1) is 0 Å². The molecule has 0 spiro atoms. The lowest BCUT2D eigenvalue weighted by atomic mass is 10.2. The highest BCUT2D eigenvalue weighted by Gasteiger charge is 2.19. The monoisotopic (exact) mass is 261 g/mol. The van der Waals surface area contributed by atoms with E-state index >= 15 is 0 Å². The second-order valence-corrected chi connectivity index (χ2v) is 3.79. The summed E-state index contributed by atoms with van der Waals surface area (Å²) in [5, 5.41) is 0.0404. The lowest BCUT2D eigenvalue weighted by Gasteiger charge is -2.09. The summed E-state index contributed by atoms with van der Waals surface area (Å²) in [5.41, 5.74) is 5.19. The summed E-state index contributed by atoms with van der Waals surface area (Å²) in [5.74, 6) is -0.372. The molecule has 0 heterocycles. The molecule has 0 aliphatic rings. The van der Waals surface area contributed by atoms with Gasteiger partial charge in [0.2, 0.25) is 0 Å². The molecular formula is C4H9BrNO5P. The van der Waals surface area contributed by atoms with Crippen LogP contribution < -0.4 is 5.73 Å². The van der Waals surface area contributed by atoms with Crippen molar-refractivity contribution in [1.29, 1.82) is 0 Å². The zero-order valence-corrected chi connectivity index (χ0v) is 8.49. The number of rotatable bonds is 5. The van der Waals surface area contributed by atoms with Crippen LogP contribution in [-0.2, 0) is 13.9 Å². The summed E-state index contributed by atoms with van der Waals surface area (Å²) in [6.45, 7) is -0.477. The number of phosphoric acid groups is 1. The predicted octanol–water partition coefficient (Wildman–Crippen LogP) is -0.613. The maximum Gasteiger partial charge on any atom is 0.469 e. The van der Waals surface area contributed by atoms with E-state index < -0.39 is 20.5 Å². The van der Waals surface area contributed by atoms with Gasteiger partial charge in [-0.05, 0) is 0 Å². The van der Waals surface area contributed by atoms with Crippen LogP contribution in [0.1, 0.15) is 0 Å². The number of nitrogens with two attached hydrogens (primary N) is 1. The minimum Gasteiger partial charge on any atom is -0.320 e. The number of carbonyl (C=O) groups excluding carboxylic acids is 1. The minimum absolute atomic E-state index is 0.0404. The fourth-order valence-electron chi connectivity index (χ4n) is 0.369. The number of hydrogen-bond acceptors (Lipinski definition) is 4. The van der Waals surface area contributed by atoms with E-state index in [1.54, 1.807) is 0 Å². The second-order valence-electron chi connectivity index (χ2n) is 1.99. The standard InChI is InChI=1S/C4H9BrNO5P/c5-1-4(7)3(6)2-11-12(8,9)10/h3H,1-2,6H2,(H2,8,9,10). The molecule has 72 valence electrons. The molecule has 0 saturated carbocycles. The highest BCUT2D eigenvalue weighted by atomic mass is 79.9. The molecule has 6 nitrogen and oxygen atoms in total. The van der Waals surface area contributed by atoms with Crippen LogP contribution in [0.25, 0.3) is 0 Å². The maximum atomic E-state index is 10.7. The van der Waals surface area contributed by atoms with Crippen LogP contribution in [0.3, 0.4) is 0 Å². The van der Waals surface area contributed by atoms with Crippen LogP contribution >= 0.6 is 23.8 Å². The Balaban J connectivity index is 3.79. The van der Waals surface area contributed by atoms with Gasteiger partial charge in [0.05, 0.1) is 18.0 Å². The fraction of sp³-hybridized carbons (Fsp3) is 0.750. The lowest BCUT2D eigenvalue weighted by molar-refractivity contribution is -0.118. The first kappa shape index (κ1) is 12.2. The Hall–Kier alpha value is 0.220. The Kier molecular flexibility index (Phi) is 5.15. The number of ketones is 1. The number of phosphoric ester groups is 1. The van der Waals surface area contributed by atoms with E-state index in [4.69, 9.17) is 15.5 Å². The molecule has 1 atom stereocenters. The highest BCUT2D eigenvalue weighted by molar-refractivity contribution is 9.09. The molecule has 0 aliphatic heterocycles. The number of carbonyl (C=O) groups is 1. The van der Waals surface area contributed by atoms with Gasteiger partial charge in [-0.3, -0.25) is 9.32 Å². The van der Waals surface area contributed by atoms with Crippen LogP contribution in [-0.4, -0.2) is 33.5 Å². The number of Topliss-reactive ketones (excluding diaryl/α,β-unsaturated/α-hetero) is 1. The van der Waals surface area contributed by atoms with Crippen molar-refractivity contribution in [2.45, 2.75) is 6.04 Å². The van der Waals surface area contributed by atoms with Crippen molar-refractivity contribution < 1.29 is 23.7 Å². The van der Waals surface area contributed by atoms with Crippen molar-refractivity contribution >= 4 is 29.5 Å². The third-order valence-corrected chi connectivity index (χ3v) is 2.01. The molecule has 8 heteroatoms. The molecule has 0 saturated heterocycles. The molecule has 0 fully saturated rings. The molecule has 0 aliphatic carbocycles. The van der Waals surface area contributed by atoms with E-state index in [0.29, 0.717) is 0 Å². The van der Waals surface area contributed by atoms with E-state index in [-0.39, 0.29) is 11.1 Å². The number of halogens is 1. The van der Waals surface area contributed by atoms with Crippen molar-refractivity contribution in [2.75, 3.05) is 11.9 Å². The van der Waals surface area contributed by atoms with Crippen LogP contribution in [0, 0.1) is 0 Å². The average molecular weight is 262 g/mol. The van der Waals surface area contributed by atoms with Crippen LogP contribution in [0.4, 0.5) is 0 Å². The van der Waals surface area contributed by atoms with Crippen molar-refractivity contribution in [3.05, 3.63) is 0 Å². The first-order chi connectivity index (χ1) is 5.37. The largest absolute Gasteiger partial charge is 0.469 e. The first-order valence-corrected chi connectivity index (χ1v) is 5.56. The second kappa shape index (κ2) is 5.06. The van der Waals surface area contributed by atoms with Crippen molar-refractivity contribution in [1.82, 2.24) is 0 Å². The summed E-state index contributed by atoms with van der Waals surface area (Å²) < 4.78 is 14.2. The average Bonchev–Trinajstić information content (AvgIpc) is 1.97. The summed E-state index contributed by atoms with van der Waals surface area (Å²) >= 11 is 2.86. The van der Waals surface area contributed by atoms with Gasteiger partial charge in [-0.25, -0.2) is 4.57 Å². The van der Waals surface area contributed by atoms with Crippen molar-refractivity contribution in [3.8, 4) is 0 Å². The zero-order valence-electron chi connectivity index (χ0n) is 6.01. The first-order valence-electron chi connectivity index (χ1n) is 2.91. The third kappa shape index (κ3) is 5.82. The number of hydrogen-bond donors (Lipinski definition) is 3. The Bertz CT molecular complexity index is 204. The minimum atomic E-state index is -4.52. The predicted molar refractivity (Wildman–Crippen MR) is 44.8 cm³/mol. The van der Waals surface area contributed by atoms with E-state index in [0.717, 1.165) is 0 Å². The summed E-state index contributed by atoms with van der Waals surface area (Å²) in [4.78, 5) is 27.2. The highest BCUT2D eigenvalue weighted by Crippen LogP contribution is 2.35. The summed E-state index contributed by atoms with van der Waals surface area (Å²) in [7, 11) is -4.52. The topological polar surface area (TPSA) is 110 Å². The molecule has 1 unspecified atom stereocenters. The Morgan fingerprint density at radius 2 is 2.17 bits per heavy atom. The maximum absolute atomic E-state index is 10.7. The Labute approximate surface area is 77.5 Å². The molecule has 12 heavy (non-hydrogen) atoms. The smallest absolute Gasteiger partial charge is 0.320 e. The van der Waals surface area contributed by atoms with E-state index in [1.807, 2.05) is 0 Å². The van der Waals surface area contributed by atoms with Gasteiger partial charge in [0.1, 0.15) is 0 Å². The van der Waals surface area contributed by atoms with Gasteiger partial charge in [-0.2, -0.15) is 0 Å². The van der Waals surface area contributed by atoms with Crippen LogP contribution in [0.15, 0.2) is 0 Å². The summed E-state index contributed by atoms with van der Waals surface area (Å²) in [6.07, 6.45) is 0. The molecule has 0 radical (unpaired) electrons. The molecule has 4 N–H and O–H groups in total.